The molecule has 0 N–H and O–H groups in total. The van der Waals surface area contributed by atoms with Gasteiger partial charge in [-0.1, -0.05) is 34.4 Å². The van der Waals surface area contributed by atoms with Crippen molar-refractivity contribution in [2.75, 3.05) is 13.1 Å². The van der Waals surface area contributed by atoms with E-state index in [0.717, 1.165) is 25.2 Å². The summed E-state index contributed by atoms with van der Waals surface area (Å²) >= 11 is 11.9. The molecule has 0 aromatic heterocycles. The smallest absolute Gasteiger partial charge is 0.0628 e. The molecule has 84 valence electrons. The first-order chi connectivity index (χ1) is 7.69. The van der Waals surface area contributed by atoms with E-state index in [1.165, 1.54) is 0 Å². The van der Waals surface area contributed by atoms with Crippen molar-refractivity contribution in [2.24, 2.45) is 5.11 Å². The second-order valence-electron chi connectivity index (χ2n) is 3.79. The number of hydrogen-bond donors (Lipinski definition) is 0. The Morgan fingerprint density at radius 2 is 2.19 bits per heavy atom. The third-order valence-electron chi connectivity index (χ3n) is 2.56. The summed E-state index contributed by atoms with van der Waals surface area (Å²) in [6.07, 6.45) is 0. The van der Waals surface area contributed by atoms with Gasteiger partial charge in [0, 0.05) is 34.6 Å². The number of hydrogen-bond acceptors (Lipinski definition) is 2. The molecule has 0 spiro atoms. The summed E-state index contributed by atoms with van der Waals surface area (Å²) in [6, 6.07) is 5.60. The van der Waals surface area contributed by atoms with Crippen molar-refractivity contribution in [2.45, 2.75) is 12.6 Å². The van der Waals surface area contributed by atoms with Gasteiger partial charge in [-0.15, -0.1) is 0 Å². The Hall–Kier alpha value is -0.930. The summed E-state index contributed by atoms with van der Waals surface area (Å²) in [5.41, 5.74) is 9.30. The molecule has 0 saturated carbocycles. The Morgan fingerprint density at radius 1 is 1.44 bits per heavy atom. The molecule has 1 fully saturated rings. The molecule has 0 atom stereocenters. The molecule has 1 saturated heterocycles. The summed E-state index contributed by atoms with van der Waals surface area (Å²) in [5.74, 6) is 0. The zero-order chi connectivity index (χ0) is 11.5. The van der Waals surface area contributed by atoms with Crippen molar-refractivity contribution in [1.82, 2.24) is 4.90 Å². The minimum atomic E-state index is 0.107. The van der Waals surface area contributed by atoms with E-state index in [1.807, 2.05) is 12.1 Å². The maximum atomic E-state index is 8.26. The van der Waals surface area contributed by atoms with Crippen LogP contribution in [0.3, 0.4) is 0 Å². The van der Waals surface area contributed by atoms with Gasteiger partial charge in [-0.25, -0.2) is 0 Å². The van der Waals surface area contributed by atoms with E-state index < -0.39 is 0 Å². The lowest BCUT2D eigenvalue weighted by Gasteiger charge is -2.36. The molecule has 16 heavy (non-hydrogen) atoms. The molecule has 6 heteroatoms. The zero-order valence-corrected chi connectivity index (χ0v) is 9.99. The number of azide groups is 1. The van der Waals surface area contributed by atoms with Gasteiger partial charge in [0.25, 0.3) is 0 Å². The van der Waals surface area contributed by atoms with Gasteiger partial charge >= 0.3 is 0 Å². The molecule has 2 rings (SSSR count). The van der Waals surface area contributed by atoms with E-state index in [1.54, 1.807) is 6.07 Å². The molecule has 1 aliphatic rings. The quantitative estimate of drug-likeness (QED) is 0.464. The van der Waals surface area contributed by atoms with Crippen molar-refractivity contribution in [1.29, 1.82) is 0 Å². The first kappa shape index (κ1) is 11.6. The largest absolute Gasteiger partial charge is 0.298 e. The third kappa shape index (κ3) is 2.60. The van der Waals surface area contributed by atoms with Gasteiger partial charge in [-0.3, -0.25) is 4.90 Å². The van der Waals surface area contributed by atoms with Gasteiger partial charge in [-0.2, -0.15) is 0 Å². The van der Waals surface area contributed by atoms with Crippen molar-refractivity contribution < 1.29 is 0 Å². The Bertz CT molecular complexity index is 436. The summed E-state index contributed by atoms with van der Waals surface area (Å²) in [7, 11) is 0. The van der Waals surface area contributed by atoms with E-state index >= 15 is 0 Å². The molecule has 0 amide bonds. The predicted molar refractivity (Wildman–Crippen MR) is 64.7 cm³/mol. The number of benzene rings is 1. The number of nitrogens with zero attached hydrogens (tertiary/aromatic N) is 4. The third-order valence-corrected chi connectivity index (χ3v) is 3.15. The van der Waals surface area contributed by atoms with Crippen LogP contribution in [0, 0.1) is 0 Å². The van der Waals surface area contributed by atoms with E-state index in [0.29, 0.717) is 10.0 Å². The molecule has 0 radical (unpaired) electrons. The van der Waals surface area contributed by atoms with Crippen molar-refractivity contribution in [3.05, 3.63) is 44.3 Å². The molecule has 1 heterocycles. The highest BCUT2D eigenvalue weighted by molar-refractivity contribution is 6.35. The Balaban J connectivity index is 1.94. The Morgan fingerprint density at radius 3 is 2.81 bits per heavy atom. The lowest BCUT2D eigenvalue weighted by atomic mass is 10.1. The Kier molecular flexibility index (Phi) is 3.56. The van der Waals surface area contributed by atoms with Crippen LogP contribution in [-0.2, 0) is 6.54 Å². The van der Waals surface area contributed by atoms with Crippen LogP contribution in [0.2, 0.25) is 10.0 Å². The van der Waals surface area contributed by atoms with Crippen molar-refractivity contribution >= 4 is 23.2 Å². The summed E-state index contributed by atoms with van der Waals surface area (Å²) in [4.78, 5) is 4.96. The Labute approximate surface area is 103 Å². The molecule has 4 nitrogen and oxygen atoms in total. The molecular weight excluding hydrogens is 247 g/mol. The average molecular weight is 257 g/mol. The fourth-order valence-corrected chi connectivity index (χ4v) is 2.18. The second-order valence-corrected chi connectivity index (χ2v) is 4.63. The summed E-state index contributed by atoms with van der Waals surface area (Å²) in [6.45, 7) is 2.36. The predicted octanol–water partition coefficient (Wildman–Crippen LogP) is 3.49. The molecule has 0 unspecified atom stereocenters. The normalized spacial score (nSPS) is 16.6. The van der Waals surface area contributed by atoms with Crippen LogP contribution in [0.5, 0.6) is 0 Å². The van der Waals surface area contributed by atoms with Gasteiger partial charge < -0.3 is 0 Å². The number of rotatable bonds is 3. The van der Waals surface area contributed by atoms with Crippen LogP contribution in [0.25, 0.3) is 10.4 Å². The van der Waals surface area contributed by atoms with Crippen molar-refractivity contribution in [3.8, 4) is 0 Å². The van der Waals surface area contributed by atoms with Gasteiger partial charge in [-0.05, 0) is 23.2 Å². The van der Waals surface area contributed by atoms with Crippen LogP contribution >= 0.6 is 23.2 Å². The fraction of sp³-hybridized carbons (Fsp3) is 0.400. The van der Waals surface area contributed by atoms with Gasteiger partial charge in [0.05, 0.1) is 6.04 Å². The summed E-state index contributed by atoms with van der Waals surface area (Å²) in [5, 5.41) is 4.97. The maximum absolute atomic E-state index is 8.26. The summed E-state index contributed by atoms with van der Waals surface area (Å²) < 4.78 is 0. The molecular formula is C10H10Cl2N4. The molecule has 1 aromatic carbocycles. The standard InChI is InChI=1S/C10H10Cl2N4/c11-8-2-1-7(10(12)3-8)4-16-5-9(6-16)14-15-13/h1-3,9H,4-6H2. The van der Waals surface area contributed by atoms with Gasteiger partial charge in [0.2, 0.25) is 0 Å². The molecule has 1 aromatic rings. The number of halogens is 2. The fourth-order valence-electron chi connectivity index (χ4n) is 1.71. The highest BCUT2D eigenvalue weighted by Crippen LogP contribution is 2.24. The van der Waals surface area contributed by atoms with E-state index in [9.17, 15) is 0 Å². The lowest BCUT2D eigenvalue weighted by Crippen LogP contribution is -2.48. The molecule has 0 bridgehead atoms. The lowest BCUT2D eigenvalue weighted by molar-refractivity contribution is 0.142. The van der Waals surface area contributed by atoms with E-state index in [4.69, 9.17) is 28.7 Å². The monoisotopic (exact) mass is 256 g/mol. The molecule has 1 aliphatic heterocycles. The highest BCUT2D eigenvalue weighted by Gasteiger charge is 2.25. The van der Waals surface area contributed by atoms with Crippen molar-refractivity contribution in [3.63, 3.8) is 0 Å². The first-order valence-electron chi connectivity index (χ1n) is 4.89. The van der Waals surface area contributed by atoms with Crippen LogP contribution in [0.15, 0.2) is 23.3 Å². The zero-order valence-electron chi connectivity index (χ0n) is 8.48. The minimum absolute atomic E-state index is 0.107. The van der Waals surface area contributed by atoms with Crippen LogP contribution in [0.4, 0.5) is 0 Å². The van der Waals surface area contributed by atoms with E-state index in [-0.39, 0.29) is 6.04 Å². The highest BCUT2D eigenvalue weighted by atomic mass is 35.5. The first-order valence-corrected chi connectivity index (χ1v) is 5.65. The van der Waals surface area contributed by atoms with Crippen LogP contribution < -0.4 is 0 Å². The molecule has 0 aliphatic carbocycles. The van der Waals surface area contributed by atoms with Gasteiger partial charge in [0.1, 0.15) is 0 Å². The average Bonchev–Trinajstić information content (AvgIpc) is 2.18. The maximum Gasteiger partial charge on any atom is 0.0628 e. The SMILES string of the molecule is [N-]=[N+]=NC1CN(Cc2ccc(Cl)cc2Cl)C1. The minimum Gasteiger partial charge on any atom is -0.298 e. The number of likely N-dealkylation sites (tertiary alicyclic amines) is 1. The van der Waals surface area contributed by atoms with Crippen LogP contribution in [0.1, 0.15) is 5.56 Å². The van der Waals surface area contributed by atoms with Gasteiger partial charge in [0.15, 0.2) is 0 Å². The second kappa shape index (κ2) is 4.93. The topological polar surface area (TPSA) is 52.0 Å². The van der Waals surface area contributed by atoms with Crippen LogP contribution in [-0.4, -0.2) is 24.0 Å². The van der Waals surface area contributed by atoms with E-state index in [2.05, 4.69) is 14.9 Å².